The van der Waals surface area contributed by atoms with Crippen molar-refractivity contribution in [3.8, 4) is 28.1 Å². The van der Waals surface area contributed by atoms with Gasteiger partial charge in [-0.2, -0.15) is 0 Å². The molecule has 0 aliphatic carbocycles. The van der Waals surface area contributed by atoms with Crippen LogP contribution in [0.4, 0.5) is 5.69 Å². The smallest absolute Gasteiger partial charge is 0.188 e. The van der Waals surface area contributed by atoms with Gasteiger partial charge in [-0.3, -0.25) is 0 Å². The highest BCUT2D eigenvalue weighted by atomic mass is 16.3. The number of fused-ring (bicyclic) bond motifs is 10. The summed E-state index contributed by atoms with van der Waals surface area (Å²) in [5.41, 5.74) is 10.8. The van der Waals surface area contributed by atoms with E-state index in [1.807, 2.05) is 36.4 Å². The summed E-state index contributed by atoms with van der Waals surface area (Å²) >= 11 is 0. The molecule has 0 unspecified atom stereocenters. The molecule has 0 saturated heterocycles. The Balaban J connectivity index is 1.24. The van der Waals surface area contributed by atoms with Crippen LogP contribution in [0.3, 0.4) is 0 Å². The van der Waals surface area contributed by atoms with E-state index in [-0.39, 0.29) is 0 Å². The molecular formula is C44H25N3O. The van der Waals surface area contributed by atoms with Crippen LogP contribution in [-0.4, -0.2) is 9.55 Å². The van der Waals surface area contributed by atoms with E-state index in [4.69, 9.17) is 16.0 Å². The predicted octanol–water partition coefficient (Wildman–Crippen LogP) is 12.3. The molecule has 0 bridgehead atoms. The minimum absolute atomic E-state index is 0.632. The average molecular weight is 612 g/mol. The lowest BCUT2D eigenvalue weighted by atomic mass is 9.95. The lowest BCUT2D eigenvalue weighted by molar-refractivity contribution is 0.673. The molecule has 10 rings (SSSR count). The number of hydrogen-bond acceptors (Lipinski definition) is 2. The fourth-order valence-electron chi connectivity index (χ4n) is 7.38. The third-order valence-corrected chi connectivity index (χ3v) is 9.57. The zero-order valence-corrected chi connectivity index (χ0v) is 25.7. The number of hydrogen-bond donors (Lipinski definition) is 0. The zero-order chi connectivity index (χ0) is 31.8. The zero-order valence-electron chi connectivity index (χ0n) is 25.7. The summed E-state index contributed by atoms with van der Waals surface area (Å²) in [6, 6.07) is 52.6. The first-order chi connectivity index (χ1) is 23.7. The van der Waals surface area contributed by atoms with Gasteiger partial charge in [0.25, 0.3) is 0 Å². The Kier molecular flexibility index (Phi) is 5.61. The van der Waals surface area contributed by atoms with Gasteiger partial charge in [0.2, 0.25) is 0 Å². The summed E-state index contributed by atoms with van der Waals surface area (Å²) < 4.78 is 8.85. The Morgan fingerprint density at radius 3 is 2.02 bits per heavy atom. The summed E-state index contributed by atoms with van der Waals surface area (Å²) in [5, 5.41) is 7.59. The van der Waals surface area contributed by atoms with Gasteiger partial charge >= 0.3 is 0 Å². The molecule has 4 nitrogen and oxygen atoms in total. The van der Waals surface area contributed by atoms with Crippen LogP contribution in [0, 0.1) is 6.57 Å². The molecule has 0 saturated carbocycles. The highest BCUT2D eigenvalue weighted by Gasteiger charge is 2.19. The number of furan rings is 1. The minimum atomic E-state index is 0.632. The second-order valence-corrected chi connectivity index (χ2v) is 12.2. The van der Waals surface area contributed by atoms with Gasteiger partial charge in [-0.15, -0.1) is 0 Å². The van der Waals surface area contributed by atoms with Gasteiger partial charge in [-0.25, -0.2) is 9.83 Å². The average Bonchev–Trinajstić information content (AvgIpc) is 3.70. The Hall–Kier alpha value is -6.70. The maximum absolute atomic E-state index is 7.67. The van der Waals surface area contributed by atoms with Gasteiger partial charge in [0.15, 0.2) is 5.69 Å². The molecule has 0 amide bonds. The Bertz CT molecular complexity index is 2950. The highest BCUT2D eigenvalue weighted by molar-refractivity contribution is 6.25. The Labute approximate surface area is 275 Å². The third-order valence-electron chi connectivity index (χ3n) is 9.57. The van der Waals surface area contributed by atoms with Gasteiger partial charge < -0.3 is 8.98 Å². The van der Waals surface area contributed by atoms with E-state index in [0.29, 0.717) is 5.69 Å². The van der Waals surface area contributed by atoms with Gasteiger partial charge in [0.05, 0.1) is 28.8 Å². The molecular weight excluding hydrogens is 587 g/mol. The van der Waals surface area contributed by atoms with E-state index in [1.54, 1.807) is 0 Å². The quantitative estimate of drug-likeness (QED) is 0.147. The van der Waals surface area contributed by atoms with Crippen LogP contribution in [0.25, 0.3) is 98.3 Å². The van der Waals surface area contributed by atoms with Crippen LogP contribution in [0.2, 0.25) is 0 Å². The van der Waals surface area contributed by atoms with Crippen molar-refractivity contribution in [2.75, 3.05) is 0 Å². The summed E-state index contributed by atoms with van der Waals surface area (Å²) in [6.45, 7) is 7.67. The second kappa shape index (κ2) is 10.2. The van der Waals surface area contributed by atoms with Crippen LogP contribution in [-0.2, 0) is 0 Å². The molecule has 0 fully saturated rings. The van der Waals surface area contributed by atoms with Crippen molar-refractivity contribution in [2.24, 2.45) is 0 Å². The van der Waals surface area contributed by atoms with Gasteiger partial charge in [-0.1, -0.05) is 97.1 Å². The second-order valence-electron chi connectivity index (χ2n) is 12.2. The fraction of sp³-hybridized carbons (Fsp3) is 0. The van der Waals surface area contributed by atoms with Crippen molar-refractivity contribution < 1.29 is 4.42 Å². The summed E-state index contributed by atoms with van der Waals surface area (Å²) in [4.78, 5) is 9.06. The van der Waals surface area contributed by atoms with E-state index >= 15 is 0 Å². The molecule has 48 heavy (non-hydrogen) atoms. The summed E-state index contributed by atoms with van der Waals surface area (Å²) in [6.07, 6.45) is 0. The van der Waals surface area contributed by atoms with Crippen molar-refractivity contribution in [2.45, 2.75) is 0 Å². The van der Waals surface area contributed by atoms with Crippen molar-refractivity contribution in [3.05, 3.63) is 163 Å². The Morgan fingerprint density at radius 2 is 1.19 bits per heavy atom. The predicted molar refractivity (Wildman–Crippen MR) is 198 cm³/mol. The SMILES string of the molecule is [C-]#[N+]c1ccc2c(c1)c1cc(-c3ccc4c(c3)nc(-c3ccccc3)c3ccc5c6ccccc6oc5c34)ccc1n2-c1ccccc1. The largest absolute Gasteiger partial charge is 0.455 e. The molecule has 0 N–H and O–H groups in total. The topological polar surface area (TPSA) is 35.3 Å². The number of para-hydroxylation sites is 2. The first-order valence-electron chi connectivity index (χ1n) is 16.0. The van der Waals surface area contributed by atoms with Gasteiger partial charge in [-0.05, 0) is 71.1 Å². The molecule has 3 aromatic heterocycles. The number of aromatic nitrogens is 2. The van der Waals surface area contributed by atoms with Crippen LogP contribution in [0.5, 0.6) is 0 Å². The maximum atomic E-state index is 7.67. The summed E-state index contributed by atoms with van der Waals surface area (Å²) in [7, 11) is 0. The molecule has 0 radical (unpaired) electrons. The lowest BCUT2D eigenvalue weighted by Crippen LogP contribution is -1.93. The fourth-order valence-corrected chi connectivity index (χ4v) is 7.38. The molecule has 0 aliphatic rings. The number of pyridine rings is 1. The number of rotatable bonds is 3. The van der Waals surface area contributed by atoms with Crippen LogP contribution < -0.4 is 0 Å². The van der Waals surface area contributed by atoms with Crippen LogP contribution in [0.15, 0.2) is 156 Å². The van der Waals surface area contributed by atoms with Crippen molar-refractivity contribution in [1.29, 1.82) is 0 Å². The van der Waals surface area contributed by atoms with Crippen molar-refractivity contribution in [3.63, 3.8) is 0 Å². The monoisotopic (exact) mass is 611 g/mol. The highest BCUT2D eigenvalue weighted by Crippen LogP contribution is 2.42. The van der Waals surface area contributed by atoms with E-state index in [9.17, 15) is 0 Å². The van der Waals surface area contributed by atoms with Crippen molar-refractivity contribution in [1.82, 2.24) is 9.55 Å². The summed E-state index contributed by atoms with van der Waals surface area (Å²) in [5.74, 6) is 0. The minimum Gasteiger partial charge on any atom is -0.455 e. The first kappa shape index (κ1) is 26.5. The van der Waals surface area contributed by atoms with Gasteiger partial charge in [0.1, 0.15) is 11.2 Å². The normalized spacial score (nSPS) is 11.7. The molecule has 222 valence electrons. The van der Waals surface area contributed by atoms with Gasteiger partial charge in [0, 0.05) is 43.6 Å². The van der Waals surface area contributed by atoms with E-state index < -0.39 is 0 Å². The lowest BCUT2D eigenvalue weighted by Gasteiger charge is -2.12. The molecule has 3 heterocycles. The molecule has 0 atom stereocenters. The first-order valence-corrected chi connectivity index (χ1v) is 16.0. The van der Waals surface area contributed by atoms with Crippen LogP contribution in [0.1, 0.15) is 0 Å². The molecule has 7 aromatic carbocycles. The standard InChI is InChI=1S/C44H25N3O/c1-45-30-18-23-40-37(26-30)36-24-28(17-22-39(36)47(40)31-12-6-3-7-13-31)29-16-19-34-38(25-29)46-43(27-10-4-2-5-11-27)35-21-20-33-32-14-8-9-15-41(32)48-44(33)42(34)35/h2-26H. The van der Waals surface area contributed by atoms with E-state index in [2.05, 4.69) is 125 Å². The van der Waals surface area contributed by atoms with Crippen LogP contribution >= 0.6 is 0 Å². The molecule has 0 aliphatic heterocycles. The van der Waals surface area contributed by atoms with Crippen molar-refractivity contribution >= 4 is 71.1 Å². The van der Waals surface area contributed by atoms with E-state index in [1.165, 1.54) is 0 Å². The number of nitrogens with zero attached hydrogens (tertiary/aromatic N) is 3. The molecule has 10 aromatic rings. The molecule has 0 spiro atoms. The van der Waals surface area contributed by atoms with E-state index in [0.717, 1.165) is 93.5 Å². The third kappa shape index (κ3) is 3.85. The number of benzene rings is 7. The Morgan fingerprint density at radius 1 is 0.521 bits per heavy atom. The maximum Gasteiger partial charge on any atom is 0.188 e. The molecule has 4 heteroatoms.